The molecule has 16 heavy (non-hydrogen) atoms. The number of benzene rings is 1. The molecule has 2 heteroatoms. The quantitative estimate of drug-likeness (QED) is 0.845. The minimum absolute atomic E-state index is 0.0397. The first kappa shape index (κ1) is 11.6. The Bertz CT molecular complexity index is 369. The van der Waals surface area contributed by atoms with Gasteiger partial charge in [0.15, 0.2) is 0 Å². The Morgan fingerprint density at radius 1 is 1.25 bits per heavy atom. The van der Waals surface area contributed by atoms with Crippen LogP contribution in [-0.4, -0.2) is 18.3 Å². The fourth-order valence-corrected chi connectivity index (χ4v) is 2.14. The highest BCUT2D eigenvalue weighted by Crippen LogP contribution is 2.39. The average Bonchev–Trinajstić information content (AvgIpc) is 3.07. The predicted octanol–water partition coefficient (Wildman–Crippen LogP) is 2.76. The lowest BCUT2D eigenvalue weighted by Crippen LogP contribution is -2.23. The van der Waals surface area contributed by atoms with E-state index in [4.69, 9.17) is 4.74 Å². The molecule has 88 valence electrons. The summed E-state index contributed by atoms with van der Waals surface area (Å²) in [5.41, 5.74) is 3.46. The van der Waals surface area contributed by atoms with Gasteiger partial charge in [-0.1, -0.05) is 18.2 Å². The Kier molecular flexibility index (Phi) is 3.31. The maximum atomic E-state index is 10.3. The van der Waals surface area contributed by atoms with Crippen LogP contribution in [0.5, 0.6) is 0 Å². The Hall–Kier alpha value is -0.860. The van der Waals surface area contributed by atoms with Gasteiger partial charge in [0.1, 0.15) is 6.10 Å². The van der Waals surface area contributed by atoms with Crippen LogP contribution >= 0.6 is 0 Å². The van der Waals surface area contributed by atoms with E-state index in [1.54, 1.807) is 7.11 Å². The molecule has 2 rings (SSSR count). The van der Waals surface area contributed by atoms with Gasteiger partial charge in [0, 0.05) is 7.11 Å². The van der Waals surface area contributed by atoms with Crippen LogP contribution in [0.15, 0.2) is 18.2 Å². The van der Waals surface area contributed by atoms with Crippen molar-refractivity contribution in [3.63, 3.8) is 0 Å². The first-order chi connectivity index (χ1) is 7.63. The lowest BCUT2D eigenvalue weighted by molar-refractivity contribution is -0.0259. The van der Waals surface area contributed by atoms with Gasteiger partial charge in [0.05, 0.1) is 6.10 Å². The summed E-state index contributed by atoms with van der Waals surface area (Å²) < 4.78 is 5.41. The van der Waals surface area contributed by atoms with Crippen molar-refractivity contribution in [3.8, 4) is 0 Å². The fourth-order valence-electron chi connectivity index (χ4n) is 2.14. The number of hydrogen-bond donors (Lipinski definition) is 1. The average molecular weight is 220 g/mol. The second-order valence-corrected chi connectivity index (χ2v) is 4.83. The molecule has 1 fully saturated rings. The van der Waals surface area contributed by atoms with Crippen LogP contribution in [0.1, 0.15) is 35.6 Å². The summed E-state index contributed by atoms with van der Waals surface area (Å²) in [5, 5.41) is 10.3. The van der Waals surface area contributed by atoms with Crippen molar-refractivity contribution in [1.82, 2.24) is 0 Å². The highest BCUT2D eigenvalue weighted by atomic mass is 16.5. The molecule has 0 amide bonds. The van der Waals surface area contributed by atoms with Crippen molar-refractivity contribution in [3.05, 3.63) is 34.9 Å². The van der Waals surface area contributed by atoms with E-state index in [-0.39, 0.29) is 6.10 Å². The molecule has 0 bridgehead atoms. The molecule has 2 nitrogen and oxygen atoms in total. The normalized spacial score (nSPS) is 19.5. The van der Waals surface area contributed by atoms with E-state index in [9.17, 15) is 5.11 Å². The van der Waals surface area contributed by atoms with Crippen molar-refractivity contribution in [2.75, 3.05) is 7.11 Å². The summed E-state index contributed by atoms with van der Waals surface area (Å²) in [6.45, 7) is 4.16. The topological polar surface area (TPSA) is 29.5 Å². The van der Waals surface area contributed by atoms with Crippen LogP contribution in [0.4, 0.5) is 0 Å². The predicted molar refractivity (Wildman–Crippen MR) is 64.4 cm³/mol. The number of ether oxygens (including phenoxy) is 1. The number of aliphatic hydroxyl groups is 1. The van der Waals surface area contributed by atoms with E-state index in [0.29, 0.717) is 5.92 Å². The Morgan fingerprint density at radius 2 is 1.94 bits per heavy atom. The second-order valence-electron chi connectivity index (χ2n) is 4.83. The fraction of sp³-hybridized carbons (Fsp3) is 0.571. The largest absolute Gasteiger partial charge is 0.386 e. The van der Waals surface area contributed by atoms with Crippen LogP contribution in [0, 0.1) is 19.8 Å². The molecule has 0 spiro atoms. The summed E-state index contributed by atoms with van der Waals surface area (Å²) in [6.07, 6.45) is 1.83. The molecular weight excluding hydrogens is 200 g/mol. The van der Waals surface area contributed by atoms with Gasteiger partial charge in [-0.3, -0.25) is 0 Å². The molecule has 0 heterocycles. The Labute approximate surface area is 97.3 Å². The molecule has 0 aromatic heterocycles. The highest BCUT2D eigenvalue weighted by molar-refractivity contribution is 5.31. The Balaban J connectivity index is 2.18. The van der Waals surface area contributed by atoms with E-state index >= 15 is 0 Å². The molecule has 1 aliphatic carbocycles. The number of aryl methyl sites for hydroxylation is 2. The highest BCUT2D eigenvalue weighted by Gasteiger charge is 2.36. The van der Waals surface area contributed by atoms with Gasteiger partial charge < -0.3 is 9.84 Å². The van der Waals surface area contributed by atoms with Crippen LogP contribution < -0.4 is 0 Å². The first-order valence-electron chi connectivity index (χ1n) is 5.91. The lowest BCUT2D eigenvalue weighted by atomic mass is 9.97. The molecule has 2 atom stereocenters. The molecule has 1 aromatic carbocycles. The molecule has 1 aliphatic rings. The molecule has 1 saturated carbocycles. The summed E-state index contributed by atoms with van der Waals surface area (Å²) in [5.74, 6) is 0.543. The van der Waals surface area contributed by atoms with Crippen LogP contribution in [-0.2, 0) is 4.74 Å². The van der Waals surface area contributed by atoms with E-state index in [1.165, 1.54) is 24.0 Å². The number of rotatable bonds is 4. The van der Waals surface area contributed by atoms with Crippen molar-refractivity contribution in [2.45, 2.75) is 38.9 Å². The monoisotopic (exact) mass is 220 g/mol. The van der Waals surface area contributed by atoms with Gasteiger partial charge in [-0.05, 0) is 49.3 Å². The van der Waals surface area contributed by atoms with Crippen LogP contribution in [0.25, 0.3) is 0 Å². The lowest BCUT2D eigenvalue weighted by Gasteiger charge is -2.22. The third-order valence-corrected chi connectivity index (χ3v) is 3.54. The third-order valence-electron chi connectivity index (χ3n) is 3.54. The Morgan fingerprint density at radius 3 is 2.44 bits per heavy atom. The van der Waals surface area contributed by atoms with Crippen molar-refractivity contribution in [2.24, 2.45) is 5.92 Å². The molecule has 0 saturated heterocycles. The van der Waals surface area contributed by atoms with Gasteiger partial charge in [0.25, 0.3) is 0 Å². The second kappa shape index (κ2) is 4.56. The maximum Gasteiger partial charge on any atom is 0.105 e. The van der Waals surface area contributed by atoms with Crippen molar-refractivity contribution < 1.29 is 9.84 Å². The van der Waals surface area contributed by atoms with E-state index < -0.39 is 6.10 Å². The smallest absolute Gasteiger partial charge is 0.105 e. The van der Waals surface area contributed by atoms with Gasteiger partial charge >= 0.3 is 0 Å². The third kappa shape index (κ3) is 2.28. The van der Waals surface area contributed by atoms with Gasteiger partial charge in [-0.25, -0.2) is 0 Å². The van der Waals surface area contributed by atoms with E-state index in [1.807, 2.05) is 6.07 Å². The number of hydrogen-bond acceptors (Lipinski definition) is 2. The summed E-state index contributed by atoms with van der Waals surface area (Å²) >= 11 is 0. The maximum absolute atomic E-state index is 10.3. The molecule has 1 aromatic rings. The van der Waals surface area contributed by atoms with Crippen molar-refractivity contribution in [1.29, 1.82) is 0 Å². The molecule has 2 unspecified atom stereocenters. The first-order valence-corrected chi connectivity index (χ1v) is 5.91. The van der Waals surface area contributed by atoms with Crippen molar-refractivity contribution >= 4 is 0 Å². The minimum Gasteiger partial charge on any atom is -0.386 e. The molecule has 0 aliphatic heterocycles. The SMILES string of the molecule is COC(C1CC1)C(O)c1ccc(C)c(C)c1. The minimum atomic E-state index is -0.489. The van der Waals surface area contributed by atoms with Gasteiger partial charge in [-0.2, -0.15) is 0 Å². The van der Waals surface area contributed by atoms with E-state index in [2.05, 4.69) is 26.0 Å². The van der Waals surface area contributed by atoms with Crippen LogP contribution in [0.3, 0.4) is 0 Å². The zero-order chi connectivity index (χ0) is 11.7. The zero-order valence-electron chi connectivity index (χ0n) is 10.2. The van der Waals surface area contributed by atoms with Gasteiger partial charge in [-0.15, -0.1) is 0 Å². The summed E-state index contributed by atoms with van der Waals surface area (Å²) in [6, 6.07) is 6.13. The standard InChI is InChI=1S/C14H20O2/c1-9-4-5-12(8-10(9)2)13(15)14(16-3)11-6-7-11/h4-5,8,11,13-15H,6-7H2,1-3H3. The molecule has 1 N–H and O–H groups in total. The van der Waals surface area contributed by atoms with Gasteiger partial charge in [0.2, 0.25) is 0 Å². The summed E-state index contributed by atoms with van der Waals surface area (Å²) in [7, 11) is 1.69. The van der Waals surface area contributed by atoms with E-state index in [0.717, 1.165) is 5.56 Å². The zero-order valence-corrected chi connectivity index (χ0v) is 10.2. The molecular formula is C14H20O2. The van der Waals surface area contributed by atoms with Crippen LogP contribution in [0.2, 0.25) is 0 Å². The number of aliphatic hydroxyl groups excluding tert-OH is 1. The summed E-state index contributed by atoms with van der Waals surface area (Å²) in [4.78, 5) is 0. The molecule has 0 radical (unpaired) electrons. The number of methoxy groups -OCH3 is 1.